The number of nitro groups is 1. The fourth-order valence-corrected chi connectivity index (χ4v) is 3.31. The third-order valence-electron chi connectivity index (χ3n) is 4.48. The molecule has 0 radical (unpaired) electrons. The van der Waals surface area contributed by atoms with Gasteiger partial charge in [0.2, 0.25) is 6.54 Å². The molecule has 0 bridgehead atoms. The van der Waals surface area contributed by atoms with Crippen LogP contribution in [0.1, 0.15) is 42.5 Å². The summed E-state index contributed by atoms with van der Waals surface area (Å²) in [5, 5.41) is 11.3. The van der Waals surface area contributed by atoms with Crippen LogP contribution in [0.4, 0.5) is 0 Å². The zero-order valence-electron chi connectivity index (χ0n) is 13.9. The number of benzene rings is 2. The average Bonchev–Trinajstić information content (AvgIpc) is 2.61. The van der Waals surface area contributed by atoms with Gasteiger partial charge in [-0.05, 0) is 29.2 Å². The lowest BCUT2D eigenvalue weighted by molar-refractivity contribution is -0.487. The Hall–Kier alpha value is -2.62. The molecule has 1 unspecified atom stereocenters. The summed E-state index contributed by atoms with van der Waals surface area (Å²) in [6.07, 6.45) is 4.24. The molecule has 0 spiro atoms. The average molecular weight is 322 g/mol. The first-order valence-corrected chi connectivity index (χ1v) is 8.45. The van der Waals surface area contributed by atoms with Crippen LogP contribution < -0.4 is 0 Å². The topological polar surface area (TPSA) is 46.4 Å². The number of hydrogen-bond donors (Lipinski definition) is 0. The molecule has 0 N–H and O–H groups in total. The van der Waals surface area contributed by atoms with Crippen molar-refractivity contribution in [3.63, 3.8) is 0 Å². The molecule has 1 heterocycles. The largest absolute Gasteiger partial charge is 0.358 e. The number of nitrogens with zero attached hydrogens (tertiary/aromatic N) is 2. The maximum absolute atomic E-state index is 11.3. The molecule has 4 heteroatoms. The van der Waals surface area contributed by atoms with Crippen LogP contribution in [-0.4, -0.2) is 22.9 Å². The van der Waals surface area contributed by atoms with Crippen molar-refractivity contribution in [1.82, 2.24) is 4.90 Å². The van der Waals surface area contributed by atoms with Crippen LogP contribution in [0.5, 0.6) is 0 Å². The van der Waals surface area contributed by atoms with Gasteiger partial charge in [-0.3, -0.25) is 10.1 Å². The molecule has 0 amide bonds. The highest BCUT2D eigenvalue weighted by Crippen LogP contribution is 2.38. The van der Waals surface area contributed by atoms with Gasteiger partial charge in [-0.15, -0.1) is 0 Å². The molecule has 24 heavy (non-hydrogen) atoms. The Balaban J connectivity index is 2.10. The molecule has 2 aromatic carbocycles. The van der Waals surface area contributed by atoms with Crippen LogP contribution in [0.2, 0.25) is 0 Å². The molecule has 0 saturated carbocycles. The van der Waals surface area contributed by atoms with E-state index in [1.165, 1.54) is 0 Å². The first-order chi connectivity index (χ1) is 11.7. The third kappa shape index (κ3) is 3.32. The van der Waals surface area contributed by atoms with Crippen LogP contribution in [0, 0.1) is 10.1 Å². The molecule has 1 atom stereocenters. The molecule has 2 aromatic rings. The molecule has 0 aliphatic carbocycles. The summed E-state index contributed by atoms with van der Waals surface area (Å²) in [7, 11) is 0. The Labute approximate surface area is 142 Å². The van der Waals surface area contributed by atoms with E-state index in [4.69, 9.17) is 0 Å². The molecular formula is C20H22N2O2. The van der Waals surface area contributed by atoms with Crippen molar-refractivity contribution < 1.29 is 4.92 Å². The lowest BCUT2D eigenvalue weighted by Crippen LogP contribution is -2.35. The van der Waals surface area contributed by atoms with E-state index in [1.807, 2.05) is 42.5 Å². The van der Waals surface area contributed by atoms with Crippen LogP contribution >= 0.6 is 0 Å². The molecule has 124 valence electrons. The van der Waals surface area contributed by atoms with Gasteiger partial charge in [-0.1, -0.05) is 67.9 Å². The van der Waals surface area contributed by atoms with E-state index >= 15 is 0 Å². The molecular weight excluding hydrogens is 300 g/mol. The molecule has 0 fully saturated rings. The highest BCUT2D eigenvalue weighted by molar-refractivity contribution is 5.83. The predicted octanol–water partition coefficient (Wildman–Crippen LogP) is 4.62. The van der Waals surface area contributed by atoms with Crippen molar-refractivity contribution in [2.24, 2.45) is 0 Å². The molecule has 0 aromatic heterocycles. The minimum atomic E-state index is -0.219. The van der Waals surface area contributed by atoms with Gasteiger partial charge in [0.25, 0.3) is 0 Å². The number of fused-ring (bicyclic) bond motifs is 1. The highest BCUT2D eigenvalue weighted by Gasteiger charge is 2.32. The van der Waals surface area contributed by atoms with E-state index in [9.17, 15) is 10.1 Å². The summed E-state index contributed by atoms with van der Waals surface area (Å²) in [4.78, 5) is 13.3. The van der Waals surface area contributed by atoms with Crippen molar-refractivity contribution >= 4 is 11.8 Å². The number of unbranched alkanes of at least 4 members (excludes halogenated alkanes) is 1. The normalized spacial score (nSPS) is 16.5. The van der Waals surface area contributed by atoms with E-state index < -0.39 is 0 Å². The summed E-state index contributed by atoms with van der Waals surface area (Å²) in [5.41, 5.74) is 4.31. The first-order valence-electron chi connectivity index (χ1n) is 8.45. The fourth-order valence-electron chi connectivity index (χ4n) is 3.31. The van der Waals surface area contributed by atoms with Gasteiger partial charge in [0.15, 0.2) is 0 Å². The summed E-state index contributed by atoms with van der Waals surface area (Å²) >= 11 is 0. The minimum Gasteiger partial charge on any atom is -0.358 e. The molecule has 1 aliphatic rings. The van der Waals surface area contributed by atoms with E-state index in [-0.39, 0.29) is 17.5 Å². The molecule has 4 nitrogen and oxygen atoms in total. The monoisotopic (exact) mass is 322 g/mol. The second kappa shape index (κ2) is 7.30. The van der Waals surface area contributed by atoms with E-state index in [0.717, 1.165) is 41.8 Å². The summed E-state index contributed by atoms with van der Waals surface area (Å²) in [6, 6.07) is 17.9. The van der Waals surface area contributed by atoms with Crippen molar-refractivity contribution in [1.29, 1.82) is 0 Å². The second-order valence-electron chi connectivity index (χ2n) is 6.10. The van der Waals surface area contributed by atoms with Gasteiger partial charge in [-0.2, -0.15) is 0 Å². The second-order valence-corrected chi connectivity index (χ2v) is 6.10. The SMILES string of the molecule is CCCCN1C(c2ccccc2)=Cc2ccccc2C1C[N+](=O)[O-]. The van der Waals surface area contributed by atoms with Crippen molar-refractivity contribution in [2.45, 2.75) is 25.8 Å². The summed E-state index contributed by atoms with van der Waals surface area (Å²) in [6.45, 7) is 2.89. The smallest absolute Gasteiger partial charge is 0.228 e. The Kier molecular flexibility index (Phi) is 4.94. The number of rotatable bonds is 6. The van der Waals surface area contributed by atoms with E-state index in [2.05, 4.69) is 30.0 Å². The van der Waals surface area contributed by atoms with Gasteiger partial charge in [-0.25, -0.2) is 0 Å². The van der Waals surface area contributed by atoms with Gasteiger partial charge >= 0.3 is 0 Å². The van der Waals surface area contributed by atoms with E-state index in [0.29, 0.717) is 0 Å². The third-order valence-corrected chi connectivity index (χ3v) is 4.48. The van der Waals surface area contributed by atoms with Crippen LogP contribution in [-0.2, 0) is 0 Å². The van der Waals surface area contributed by atoms with Crippen LogP contribution in [0.15, 0.2) is 54.6 Å². The van der Waals surface area contributed by atoms with Crippen molar-refractivity contribution in [2.75, 3.05) is 13.1 Å². The highest BCUT2D eigenvalue weighted by atomic mass is 16.6. The fraction of sp³-hybridized carbons (Fsp3) is 0.300. The van der Waals surface area contributed by atoms with Crippen LogP contribution in [0.25, 0.3) is 11.8 Å². The van der Waals surface area contributed by atoms with Crippen LogP contribution in [0.3, 0.4) is 0 Å². The summed E-state index contributed by atoms with van der Waals surface area (Å²) < 4.78 is 0. The van der Waals surface area contributed by atoms with Gasteiger partial charge in [0.05, 0.1) is 0 Å². The van der Waals surface area contributed by atoms with E-state index in [1.54, 1.807) is 0 Å². The minimum absolute atomic E-state index is 0.0785. The summed E-state index contributed by atoms with van der Waals surface area (Å²) in [5.74, 6) is 0. The molecule has 0 saturated heterocycles. The Morgan fingerprint density at radius 2 is 1.79 bits per heavy atom. The standard InChI is InChI=1S/C20H22N2O2/c1-2-3-13-21-19(16-9-5-4-6-10-16)14-17-11-7-8-12-18(17)20(21)15-22(23)24/h4-12,14,20H,2-3,13,15H2,1H3. The van der Waals surface area contributed by atoms with Gasteiger partial charge in [0, 0.05) is 17.2 Å². The Morgan fingerprint density at radius 1 is 1.08 bits per heavy atom. The lowest BCUT2D eigenvalue weighted by atomic mass is 9.91. The Morgan fingerprint density at radius 3 is 2.50 bits per heavy atom. The van der Waals surface area contributed by atoms with Crippen molar-refractivity contribution in [3.05, 3.63) is 81.4 Å². The maximum atomic E-state index is 11.3. The maximum Gasteiger partial charge on any atom is 0.228 e. The molecule has 1 aliphatic heterocycles. The quantitative estimate of drug-likeness (QED) is 0.576. The van der Waals surface area contributed by atoms with Crippen molar-refractivity contribution in [3.8, 4) is 0 Å². The zero-order chi connectivity index (χ0) is 16.9. The van der Waals surface area contributed by atoms with Gasteiger partial charge < -0.3 is 4.90 Å². The number of hydrogen-bond acceptors (Lipinski definition) is 3. The van der Waals surface area contributed by atoms with Gasteiger partial charge in [0.1, 0.15) is 6.04 Å². The zero-order valence-corrected chi connectivity index (χ0v) is 13.9. The lowest BCUT2D eigenvalue weighted by Gasteiger charge is -2.38. The molecule has 3 rings (SSSR count). The Bertz CT molecular complexity index is 740. The first kappa shape index (κ1) is 16.2. The predicted molar refractivity (Wildman–Crippen MR) is 97.0 cm³/mol.